The number of nitrogens with zero attached hydrogens (tertiary/aromatic N) is 3. The summed E-state index contributed by atoms with van der Waals surface area (Å²) in [6.45, 7) is 17.9. The summed E-state index contributed by atoms with van der Waals surface area (Å²) in [6, 6.07) is 6.83. The molecule has 2 aromatic rings. The Hall–Kier alpha value is -2.45. The van der Waals surface area contributed by atoms with E-state index in [9.17, 15) is 4.39 Å². The van der Waals surface area contributed by atoms with Gasteiger partial charge in [-0.15, -0.1) is 13.2 Å². The van der Waals surface area contributed by atoms with E-state index in [1.807, 2.05) is 57.5 Å². The maximum absolute atomic E-state index is 13.4. The van der Waals surface area contributed by atoms with E-state index in [1.165, 1.54) is 22.3 Å². The Morgan fingerprint density at radius 3 is 2.26 bits per heavy atom. The van der Waals surface area contributed by atoms with E-state index in [4.69, 9.17) is 4.98 Å². The highest BCUT2D eigenvalue weighted by Gasteiger charge is 2.27. The molecule has 2 heterocycles. The number of hydrogen-bond donors (Lipinski definition) is 2. The Balaban J connectivity index is 0.000000947. The lowest BCUT2D eigenvalue weighted by Gasteiger charge is -2.36. The molecule has 1 aliphatic carbocycles. The number of rotatable bonds is 7. The molecular formula is C31H46FN5S. The largest absolute Gasteiger partial charge is 0.386 e. The van der Waals surface area contributed by atoms with Gasteiger partial charge in [0.05, 0.1) is 11.4 Å². The number of allylic oxidation sites excluding steroid dienone is 3. The van der Waals surface area contributed by atoms with Crippen molar-refractivity contribution in [1.29, 1.82) is 0 Å². The van der Waals surface area contributed by atoms with Crippen LogP contribution in [0.1, 0.15) is 35.7 Å². The van der Waals surface area contributed by atoms with Gasteiger partial charge in [0.1, 0.15) is 5.82 Å². The molecule has 1 atom stereocenters. The van der Waals surface area contributed by atoms with Gasteiger partial charge in [-0.25, -0.2) is 8.70 Å². The third kappa shape index (κ3) is 8.53. The first-order chi connectivity index (χ1) is 18.4. The lowest BCUT2D eigenvalue weighted by molar-refractivity contribution is 0.170. The molecule has 1 aliphatic heterocycles. The quantitative estimate of drug-likeness (QED) is 0.337. The van der Waals surface area contributed by atoms with E-state index in [-0.39, 0.29) is 5.82 Å². The molecule has 1 saturated heterocycles. The minimum absolute atomic E-state index is 0.197. The second kappa shape index (κ2) is 16.5. The molecule has 2 aliphatic rings. The predicted octanol–water partition coefficient (Wildman–Crippen LogP) is 5.91. The van der Waals surface area contributed by atoms with Crippen molar-refractivity contribution in [2.45, 2.75) is 26.2 Å². The summed E-state index contributed by atoms with van der Waals surface area (Å²) in [5.74, 6) is 0.306. The van der Waals surface area contributed by atoms with Gasteiger partial charge in [-0.1, -0.05) is 36.7 Å². The highest BCUT2D eigenvalue weighted by atomic mass is 32.2. The molecule has 0 saturated carbocycles. The molecule has 1 aromatic heterocycles. The Kier molecular flexibility index (Phi) is 13.8. The van der Waals surface area contributed by atoms with Crippen LogP contribution >= 0.6 is 11.9 Å². The fourth-order valence-corrected chi connectivity index (χ4v) is 5.68. The number of halogens is 1. The van der Waals surface area contributed by atoms with Crippen LogP contribution < -0.4 is 10.6 Å². The number of piperazine rings is 1. The van der Waals surface area contributed by atoms with Gasteiger partial charge in [-0.05, 0) is 92.4 Å². The van der Waals surface area contributed by atoms with E-state index in [0.29, 0.717) is 5.92 Å². The monoisotopic (exact) mass is 539 g/mol. The molecule has 2 N–H and O–H groups in total. The van der Waals surface area contributed by atoms with Gasteiger partial charge in [0.15, 0.2) is 0 Å². The van der Waals surface area contributed by atoms with Gasteiger partial charge in [0.2, 0.25) is 0 Å². The molecule has 0 spiro atoms. The van der Waals surface area contributed by atoms with Crippen molar-refractivity contribution in [2.24, 2.45) is 5.92 Å². The maximum Gasteiger partial charge on any atom is 0.123 e. The van der Waals surface area contributed by atoms with Crippen LogP contribution in [0.15, 0.2) is 61.8 Å². The van der Waals surface area contributed by atoms with Crippen LogP contribution in [0.5, 0.6) is 0 Å². The van der Waals surface area contributed by atoms with E-state index in [1.54, 1.807) is 12.1 Å². The average molecular weight is 540 g/mol. The normalized spacial score (nSPS) is 19.7. The fraction of sp³-hybridized carbons (Fsp3) is 0.452. The van der Waals surface area contributed by atoms with E-state index in [0.717, 1.165) is 68.9 Å². The number of hydrogen-bond acceptors (Lipinski definition) is 6. The van der Waals surface area contributed by atoms with Crippen molar-refractivity contribution in [3.05, 3.63) is 90.0 Å². The van der Waals surface area contributed by atoms with Crippen molar-refractivity contribution in [3.63, 3.8) is 0 Å². The summed E-state index contributed by atoms with van der Waals surface area (Å²) in [5, 5.41) is 6.22. The van der Waals surface area contributed by atoms with Crippen molar-refractivity contribution >= 4 is 23.2 Å². The third-order valence-electron chi connectivity index (χ3n) is 7.02. The zero-order valence-electron chi connectivity index (χ0n) is 23.9. The van der Waals surface area contributed by atoms with Crippen LogP contribution in [-0.2, 0) is 12.8 Å². The Morgan fingerprint density at radius 1 is 1.08 bits per heavy atom. The number of fused-ring (bicyclic) bond motifs is 2. The van der Waals surface area contributed by atoms with Gasteiger partial charge >= 0.3 is 0 Å². The molecule has 4 rings (SSSR count). The Bertz CT molecular complexity index is 1040. The van der Waals surface area contributed by atoms with E-state index >= 15 is 0 Å². The van der Waals surface area contributed by atoms with Crippen molar-refractivity contribution in [3.8, 4) is 0 Å². The van der Waals surface area contributed by atoms with Crippen LogP contribution in [-0.4, -0.2) is 74.3 Å². The van der Waals surface area contributed by atoms with Gasteiger partial charge in [0.25, 0.3) is 0 Å². The molecule has 7 heteroatoms. The Labute approximate surface area is 234 Å². The van der Waals surface area contributed by atoms with Gasteiger partial charge < -0.3 is 15.5 Å². The minimum atomic E-state index is -0.197. The van der Waals surface area contributed by atoms with E-state index in [2.05, 4.69) is 52.8 Å². The van der Waals surface area contributed by atoms with Crippen LogP contribution in [0.25, 0.3) is 5.57 Å². The number of benzene rings is 1. The maximum atomic E-state index is 13.4. The molecule has 5 nitrogen and oxygen atoms in total. The summed E-state index contributed by atoms with van der Waals surface area (Å²) in [5.41, 5.74) is 8.34. The summed E-state index contributed by atoms with van der Waals surface area (Å²) in [4.78, 5) is 7.49. The summed E-state index contributed by atoms with van der Waals surface area (Å²) in [7, 11) is 5.74. The standard InChI is InChI=1S/C27H35FN4S.C2H7N.C2H4/c1-5-22-15-21(18-31-10-12-32(33-4)13-11-31)16-25-23(14-20-6-8-24(28)9-7-20)17-30-26(19(22)2)27(25)29-3;1-3-2;1-2/h5-9,17,21,29H,1,10-16,18H2,2-4H3;3H,1-2H3;1-2H2/b22-19-;;. The molecule has 1 fully saturated rings. The second-order valence-electron chi connectivity index (χ2n) is 9.58. The molecule has 0 radical (unpaired) electrons. The highest BCUT2D eigenvalue weighted by Crippen LogP contribution is 2.37. The molecular weight excluding hydrogens is 493 g/mol. The lowest BCUT2D eigenvalue weighted by atomic mass is 9.83. The fourth-order valence-electron chi connectivity index (χ4n) is 5.15. The molecule has 208 valence electrons. The first-order valence-corrected chi connectivity index (χ1v) is 14.5. The first-order valence-electron chi connectivity index (χ1n) is 13.3. The number of anilines is 1. The zero-order valence-corrected chi connectivity index (χ0v) is 24.8. The summed E-state index contributed by atoms with van der Waals surface area (Å²) in [6.07, 6.45) is 8.98. The number of pyridine rings is 1. The predicted molar refractivity (Wildman–Crippen MR) is 165 cm³/mol. The molecule has 0 amide bonds. The van der Waals surface area contributed by atoms with Crippen LogP contribution in [0.4, 0.5) is 10.1 Å². The van der Waals surface area contributed by atoms with Crippen molar-refractivity contribution in [2.75, 3.05) is 65.4 Å². The molecule has 2 bridgehead atoms. The molecule has 1 unspecified atom stereocenters. The zero-order chi connectivity index (χ0) is 28.1. The van der Waals surface area contributed by atoms with Gasteiger partial charge in [-0.3, -0.25) is 4.98 Å². The average Bonchev–Trinajstić information content (AvgIpc) is 2.94. The number of nitrogens with one attached hydrogen (secondary N) is 2. The van der Waals surface area contributed by atoms with Crippen LogP contribution in [0.2, 0.25) is 0 Å². The highest BCUT2D eigenvalue weighted by molar-refractivity contribution is 7.96. The van der Waals surface area contributed by atoms with Gasteiger partial charge in [0, 0.05) is 46.0 Å². The minimum Gasteiger partial charge on any atom is -0.386 e. The van der Waals surface area contributed by atoms with Crippen LogP contribution in [0, 0.1) is 11.7 Å². The first kappa shape index (κ1) is 31.8. The lowest BCUT2D eigenvalue weighted by Crippen LogP contribution is -2.45. The molecule has 38 heavy (non-hydrogen) atoms. The molecule has 1 aromatic carbocycles. The summed E-state index contributed by atoms with van der Waals surface area (Å²) >= 11 is 1.85. The van der Waals surface area contributed by atoms with Gasteiger partial charge in [-0.2, -0.15) is 0 Å². The summed E-state index contributed by atoms with van der Waals surface area (Å²) < 4.78 is 15.9. The van der Waals surface area contributed by atoms with Crippen LogP contribution in [0.3, 0.4) is 0 Å². The van der Waals surface area contributed by atoms with Crippen molar-refractivity contribution < 1.29 is 4.39 Å². The Morgan fingerprint density at radius 2 is 1.71 bits per heavy atom. The van der Waals surface area contributed by atoms with E-state index < -0.39 is 0 Å². The SMILES string of the molecule is C=C.C=C/C1=C(\C)c2ncc(Cc3ccc(F)cc3)c(c2NC)CC(CN2CCN(SC)CC2)C1.CNC. The third-order valence-corrected chi connectivity index (χ3v) is 7.91. The smallest absolute Gasteiger partial charge is 0.123 e. The second-order valence-corrected chi connectivity index (χ2v) is 10.5. The van der Waals surface area contributed by atoms with Crippen molar-refractivity contribution in [1.82, 2.24) is 19.5 Å². The topological polar surface area (TPSA) is 43.4 Å². The number of aromatic nitrogens is 1.